The van der Waals surface area contributed by atoms with Gasteiger partial charge >= 0.3 is 12.0 Å². The molecule has 0 aromatic rings. The van der Waals surface area contributed by atoms with Gasteiger partial charge in [0.25, 0.3) is 0 Å². The van der Waals surface area contributed by atoms with Crippen molar-refractivity contribution >= 4 is 23.8 Å². The van der Waals surface area contributed by atoms with Crippen LogP contribution >= 0.6 is 11.8 Å². The predicted octanol–water partition coefficient (Wildman–Crippen LogP) is -0.325. The number of likely N-dealkylation sites (tertiary alicyclic amines) is 1. The Balaban J connectivity index is 2.04. The van der Waals surface area contributed by atoms with Gasteiger partial charge in [-0.25, -0.2) is 9.59 Å². The summed E-state index contributed by atoms with van der Waals surface area (Å²) in [5, 5.41) is 18.5. The Morgan fingerprint density at radius 3 is 2.47 bits per heavy atom. The van der Waals surface area contributed by atoms with Crippen molar-refractivity contribution in [2.75, 3.05) is 31.1 Å². The maximum Gasteiger partial charge on any atom is 0.326 e. The molecule has 6 nitrogen and oxygen atoms in total. The highest BCUT2D eigenvalue weighted by molar-refractivity contribution is 7.99. The zero-order valence-corrected chi connectivity index (χ0v) is 10.2. The molecule has 96 valence electrons. The number of aliphatic hydroxyl groups is 1. The second-order valence-electron chi connectivity index (χ2n) is 4.28. The van der Waals surface area contributed by atoms with Gasteiger partial charge in [0.1, 0.15) is 6.04 Å². The van der Waals surface area contributed by atoms with E-state index in [4.69, 9.17) is 5.11 Å². The topological polar surface area (TPSA) is 81.1 Å². The van der Waals surface area contributed by atoms with E-state index in [2.05, 4.69) is 0 Å². The van der Waals surface area contributed by atoms with E-state index in [1.54, 1.807) is 16.7 Å². The zero-order valence-electron chi connectivity index (χ0n) is 9.41. The molecule has 2 aliphatic rings. The fourth-order valence-electron chi connectivity index (χ4n) is 2.20. The van der Waals surface area contributed by atoms with Crippen molar-refractivity contribution in [3.63, 3.8) is 0 Å². The second kappa shape index (κ2) is 5.14. The smallest absolute Gasteiger partial charge is 0.326 e. The van der Waals surface area contributed by atoms with Gasteiger partial charge < -0.3 is 20.0 Å². The number of carbonyl (C=O) groups is 2. The second-order valence-corrected chi connectivity index (χ2v) is 5.50. The van der Waals surface area contributed by atoms with Crippen LogP contribution in [0.5, 0.6) is 0 Å². The number of β-amino-alcohol motifs (C(OH)–C–C–N with tert-alkyl or cyclic N) is 1. The van der Waals surface area contributed by atoms with E-state index >= 15 is 0 Å². The number of thioether (sulfide) groups is 1. The molecule has 0 saturated carbocycles. The van der Waals surface area contributed by atoms with Crippen molar-refractivity contribution in [1.29, 1.82) is 0 Å². The van der Waals surface area contributed by atoms with Crippen LogP contribution in [0.1, 0.15) is 6.42 Å². The van der Waals surface area contributed by atoms with Gasteiger partial charge in [-0.05, 0) is 0 Å². The Hall–Kier alpha value is -0.950. The molecule has 2 atom stereocenters. The molecular formula is C10H16N2O4S. The van der Waals surface area contributed by atoms with Crippen molar-refractivity contribution in [1.82, 2.24) is 9.80 Å². The lowest BCUT2D eigenvalue weighted by Gasteiger charge is -2.32. The molecular weight excluding hydrogens is 244 g/mol. The van der Waals surface area contributed by atoms with Crippen LogP contribution in [0.2, 0.25) is 0 Å². The standard InChI is InChI=1S/C10H16N2O4S/c13-7-5-8(9(14)15)12(6-7)10(16)11-1-3-17-4-2-11/h7-8,13H,1-6H2,(H,14,15)/t7-,8-/m1/s1. The fraction of sp³-hybridized carbons (Fsp3) is 0.800. The number of carbonyl (C=O) groups excluding carboxylic acids is 1. The Morgan fingerprint density at radius 1 is 1.24 bits per heavy atom. The quantitative estimate of drug-likeness (QED) is 0.675. The first-order valence-electron chi connectivity index (χ1n) is 5.63. The molecule has 2 amide bonds. The average Bonchev–Trinajstić information content (AvgIpc) is 2.72. The molecule has 2 fully saturated rings. The minimum atomic E-state index is -1.04. The number of aliphatic hydroxyl groups excluding tert-OH is 1. The molecule has 2 aliphatic heterocycles. The number of hydrogen-bond acceptors (Lipinski definition) is 4. The summed E-state index contributed by atoms with van der Waals surface area (Å²) in [5.74, 6) is 0.737. The highest BCUT2D eigenvalue weighted by Crippen LogP contribution is 2.21. The molecule has 0 aromatic heterocycles. The van der Waals surface area contributed by atoms with E-state index in [0.29, 0.717) is 13.1 Å². The van der Waals surface area contributed by atoms with Crippen LogP contribution in [-0.2, 0) is 4.79 Å². The predicted molar refractivity (Wildman–Crippen MR) is 63.0 cm³/mol. The SMILES string of the molecule is O=C(O)[C@H]1C[C@@H](O)CN1C(=O)N1CCSCC1. The summed E-state index contributed by atoms with van der Waals surface area (Å²) in [6.07, 6.45) is -0.594. The molecule has 17 heavy (non-hydrogen) atoms. The summed E-state index contributed by atoms with van der Waals surface area (Å²) in [6, 6.07) is -1.14. The third kappa shape index (κ3) is 2.66. The van der Waals surface area contributed by atoms with E-state index < -0.39 is 18.1 Å². The molecule has 0 bridgehead atoms. The lowest BCUT2D eigenvalue weighted by molar-refractivity contribution is -0.141. The first kappa shape index (κ1) is 12.5. The molecule has 0 spiro atoms. The molecule has 2 saturated heterocycles. The summed E-state index contributed by atoms with van der Waals surface area (Å²) < 4.78 is 0. The molecule has 0 radical (unpaired) electrons. The minimum absolute atomic E-state index is 0.124. The normalized spacial score (nSPS) is 29.5. The zero-order chi connectivity index (χ0) is 12.4. The van der Waals surface area contributed by atoms with Crippen LogP contribution in [0, 0.1) is 0 Å². The first-order chi connectivity index (χ1) is 8.09. The number of hydrogen-bond donors (Lipinski definition) is 2. The van der Waals surface area contributed by atoms with E-state index in [1.165, 1.54) is 4.90 Å². The van der Waals surface area contributed by atoms with E-state index in [-0.39, 0.29) is 19.0 Å². The average molecular weight is 260 g/mol. The fourth-order valence-corrected chi connectivity index (χ4v) is 3.10. The number of nitrogens with zero attached hydrogens (tertiary/aromatic N) is 2. The highest BCUT2D eigenvalue weighted by atomic mass is 32.2. The van der Waals surface area contributed by atoms with Gasteiger partial charge in [-0.3, -0.25) is 0 Å². The molecule has 2 N–H and O–H groups in total. The van der Waals surface area contributed by atoms with Crippen LogP contribution in [0.4, 0.5) is 4.79 Å². The third-order valence-corrected chi connectivity index (χ3v) is 4.03. The number of rotatable bonds is 1. The molecule has 7 heteroatoms. The first-order valence-corrected chi connectivity index (χ1v) is 6.79. The Morgan fingerprint density at radius 2 is 1.88 bits per heavy atom. The third-order valence-electron chi connectivity index (χ3n) is 3.09. The molecule has 0 aromatic carbocycles. The van der Waals surface area contributed by atoms with Crippen LogP contribution < -0.4 is 0 Å². The van der Waals surface area contributed by atoms with Crippen molar-refractivity contribution in [3.8, 4) is 0 Å². The molecule has 2 rings (SSSR count). The van der Waals surface area contributed by atoms with Crippen LogP contribution in [0.25, 0.3) is 0 Å². The molecule has 0 unspecified atom stereocenters. The lowest BCUT2D eigenvalue weighted by atomic mass is 10.2. The maximum absolute atomic E-state index is 12.1. The Kier molecular flexibility index (Phi) is 3.78. The number of urea groups is 1. The summed E-state index contributed by atoms with van der Waals surface area (Å²) in [7, 11) is 0. The van der Waals surface area contributed by atoms with Gasteiger partial charge in [-0.2, -0.15) is 11.8 Å². The van der Waals surface area contributed by atoms with Crippen molar-refractivity contribution < 1.29 is 19.8 Å². The van der Waals surface area contributed by atoms with Gasteiger partial charge in [0.15, 0.2) is 0 Å². The van der Waals surface area contributed by atoms with E-state index in [1.807, 2.05) is 0 Å². The summed E-state index contributed by atoms with van der Waals surface area (Å²) in [5.41, 5.74) is 0. The van der Waals surface area contributed by atoms with Gasteiger partial charge in [-0.15, -0.1) is 0 Å². The van der Waals surface area contributed by atoms with Crippen LogP contribution in [-0.4, -0.2) is 75.3 Å². The number of carboxylic acids is 1. The van der Waals surface area contributed by atoms with Gasteiger partial charge in [0.05, 0.1) is 6.10 Å². The van der Waals surface area contributed by atoms with Crippen molar-refractivity contribution in [3.05, 3.63) is 0 Å². The molecule has 0 aliphatic carbocycles. The van der Waals surface area contributed by atoms with Gasteiger partial charge in [0.2, 0.25) is 0 Å². The monoisotopic (exact) mass is 260 g/mol. The van der Waals surface area contributed by atoms with Crippen molar-refractivity contribution in [2.45, 2.75) is 18.6 Å². The van der Waals surface area contributed by atoms with Crippen LogP contribution in [0.15, 0.2) is 0 Å². The van der Waals surface area contributed by atoms with E-state index in [0.717, 1.165) is 11.5 Å². The Labute approximate surface area is 104 Å². The van der Waals surface area contributed by atoms with Gasteiger partial charge in [-0.1, -0.05) is 0 Å². The number of amides is 2. The molecule has 2 heterocycles. The van der Waals surface area contributed by atoms with Crippen molar-refractivity contribution in [2.24, 2.45) is 0 Å². The minimum Gasteiger partial charge on any atom is -0.480 e. The number of carboxylic acid groups (broad SMARTS) is 1. The Bertz CT molecular complexity index is 319. The van der Waals surface area contributed by atoms with Crippen LogP contribution in [0.3, 0.4) is 0 Å². The maximum atomic E-state index is 12.1. The van der Waals surface area contributed by atoms with E-state index in [9.17, 15) is 14.7 Å². The summed E-state index contributed by atoms with van der Waals surface area (Å²) in [4.78, 5) is 26.1. The summed E-state index contributed by atoms with van der Waals surface area (Å²) in [6.45, 7) is 1.43. The number of aliphatic carboxylic acids is 1. The lowest BCUT2D eigenvalue weighted by Crippen LogP contribution is -2.50. The van der Waals surface area contributed by atoms with Gasteiger partial charge in [0, 0.05) is 37.6 Å². The highest BCUT2D eigenvalue weighted by Gasteiger charge is 2.40. The summed E-state index contributed by atoms with van der Waals surface area (Å²) >= 11 is 1.79. The largest absolute Gasteiger partial charge is 0.480 e.